The molecule has 0 saturated heterocycles. The topological polar surface area (TPSA) is 76.7 Å². The van der Waals surface area contributed by atoms with Gasteiger partial charge in [-0.15, -0.1) is 6.58 Å². The second-order valence-electron chi connectivity index (χ2n) is 4.19. The van der Waals surface area contributed by atoms with E-state index in [1.165, 1.54) is 6.08 Å². The molecule has 1 aromatic carbocycles. The van der Waals surface area contributed by atoms with Crippen LogP contribution in [-0.2, 0) is 16.0 Å². The summed E-state index contributed by atoms with van der Waals surface area (Å²) in [6, 6.07) is 5.51. The van der Waals surface area contributed by atoms with Gasteiger partial charge in [0.25, 0.3) is 0 Å². The van der Waals surface area contributed by atoms with Gasteiger partial charge in [-0.25, -0.2) is 0 Å². The largest absolute Gasteiger partial charge is 0.493 e. The zero-order valence-corrected chi connectivity index (χ0v) is 12.3. The highest BCUT2D eigenvalue weighted by Gasteiger charge is 2.11. The first-order valence-electron chi connectivity index (χ1n) is 6.50. The van der Waals surface area contributed by atoms with Crippen LogP contribution in [0.25, 0.3) is 0 Å². The number of ether oxygens (including phenoxy) is 2. The smallest absolute Gasteiger partial charge is 0.309 e. The highest BCUT2D eigenvalue weighted by molar-refractivity contribution is 6.35. The van der Waals surface area contributed by atoms with Crippen LogP contribution in [-0.4, -0.2) is 39.1 Å². The Bertz CT molecular complexity index is 514. The van der Waals surface area contributed by atoms with Gasteiger partial charge in [0.2, 0.25) is 0 Å². The summed E-state index contributed by atoms with van der Waals surface area (Å²) in [5.41, 5.74) is 0.972. The minimum atomic E-state index is -0.665. The summed E-state index contributed by atoms with van der Waals surface area (Å²) >= 11 is 0. The molecule has 0 atom stereocenters. The van der Waals surface area contributed by atoms with Crippen molar-refractivity contribution < 1.29 is 19.1 Å². The van der Waals surface area contributed by atoms with Crippen molar-refractivity contribution in [1.82, 2.24) is 10.6 Å². The fraction of sp³-hybridized carbons (Fsp3) is 0.333. The van der Waals surface area contributed by atoms with E-state index >= 15 is 0 Å². The lowest BCUT2D eigenvalue weighted by atomic mass is 10.1. The molecule has 0 bridgehead atoms. The third-order valence-electron chi connectivity index (χ3n) is 2.76. The van der Waals surface area contributed by atoms with Crippen LogP contribution in [0.15, 0.2) is 30.9 Å². The fourth-order valence-corrected chi connectivity index (χ4v) is 1.68. The molecule has 6 nitrogen and oxygen atoms in total. The van der Waals surface area contributed by atoms with Gasteiger partial charge in [0.15, 0.2) is 11.5 Å². The van der Waals surface area contributed by atoms with E-state index in [2.05, 4.69) is 17.2 Å². The molecule has 0 aromatic heterocycles. The first kappa shape index (κ1) is 16.6. The Morgan fingerprint density at radius 3 is 2.43 bits per heavy atom. The molecule has 1 aromatic rings. The van der Waals surface area contributed by atoms with Gasteiger partial charge in [-0.3, -0.25) is 9.59 Å². The Morgan fingerprint density at radius 1 is 1.14 bits per heavy atom. The van der Waals surface area contributed by atoms with Gasteiger partial charge in [0, 0.05) is 13.1 Å². The number of carbonyl (C=O) groups excluding carboxylic acids is 2. The minimum absolute atomic E-state index is 0.266. The van der Waals surface area contributed by atoms with Crippen LogP contribution >= 0.6 is 0 Å². The van der Waals surface area contributed by atoms with Crippen LogP contribution in [0.5, 0.6) is 11.5 Å². The first-order chi connectivity index (χ1) is 10.1. The molecule has 114 valence electrons. The number of carbonyl (C=O) groups is 2. The number of nitrogens with one attached hydrogen (secondary N) is 2. The van der Waals surface area contributed by atoms with E-state index in [0.717, 1.165) is 5.56 Å². The molecule has 21 heavy (non-hydrogen) atoms. The van der Waals surface area contributed by atoms with Gasteiger partial charge in [0.05, 0.1) is 14.2 Å². The SMILES string of the molecule is C=CCNC(=O)C(=O)NCCc1ccc(OC)c(OC)c1. The maximum atomic E-state index is 11.5. The summed E-state index contributed by atoms with van der Waals surface area (Å²) in [5.74, 6) is -0.0429. The Balaban J connectivity index is 2.47. The number of rotatable bonds is 7. The zero-order valence-electron chi connectivity index (χ0n) is 12.3. The molecule has 2 amide bonds. The molecule has 0 unspecified atom stereocenters. The molecule has 0 fully saturated rings. The monoisotopic (exact) mass is 292 g/mol. The maximum absolute atomic E-state index is 11.5. The highest BCUT2D eigenvalue weighted by Crippen LogP contribution is 2.27. The van der Waals surface area contributed by atoms with Crippen LogP contribution in [0.1, 0.15) is 5.56 Å². The van der Waals surface area contributed by atoms with Crippen LogP contribution in [0.2, 0.25) is 0 Å². The quantitative estimate of drug-likeness (QED) is 0.572. The van der Waals surface area contributed by atoms with Crippen molar-refractivity contribution in [2.24, 2.45) is 0 Å². The lowest BCUT2D eigenvalue weighted by Gasteiger charge is -2.10. The van der Waals surface area contributed by atoms with Gasteiger partial charge in [0.1, 0.15) is 0 Å². The zero-order chi connectivity index (χ0) is 15.7. The maximum Gasteiger partial charge on any atom is 0.309 e. The summed E-state index contributed by atoms with van der Waals surface area (Å²) in [6.45, 7) is 4.08. The van der Waals surface area contributed by atoms with Gasteiger partial charge >= 0.3 is 11.8 Å². The van der Waals surface area contributed by atoms with Crippen molar-refractivity contribution in [3.8, 4) is 11.5 Å². The molecular weight excluding hydrogens is 272 g/mol. The molecule has 0 heterocycles. The molecular formula is C15H20N2O4. The minimum Gasteiger partial charge on any atom is -0.493 e. The average Bonchev–Trinajstić information content (AvgIpc) is 2.52. The summed E-state index contributed by atoms with van der Waals surface area (Å²) in [7, 11) is 3.13. The number of hydrogen-bond donors (Lipinski definition) is 2. The molecule has 0 aliphatic carbocycles. The van der Waals surface area contributed by atoms with E-state index in [0.29, 0.717) is 24.5 Å². The third-order valence-corrected chi connectivity index (χ3v) is 2.76. The molecule has 0 spiro atoms. The van der Waals surface area contributed by atoms with Crippen LogP contribution in [0.3, 0.4) is 0 Å². The van der Waals surface area contributed by atoms with E-state index < -0.39 is 11.8 Å². The van der Waals surface area contributed by atoms with Gasteiger partial charge < -0.3 is 20.1 Å². The molecule has 0 radical (unpaired) electrons. The Morgan fingerprint density at radius 2 is 1.81 bits per heavy atom. The van der Waals surface area contributed by atoms with E-state index in [-0.39, 0.29) is 6.54 Å². The van der Waals surface area contributed by atoms with Gasteiger partial charge in [-0.2, -0.15) is 0 Å². The number of benzene rings is 1. The number of methoxy groups -OCH3 is 2. The molecule has 2 N–H and O–H groups in total. The van der Waals surface area contributed by atoms with Crippen molar-refractivity contribution in [3.05, 3.63) is 36.4 Å². The van der Waals surface area contributed by atoms with Crippen molar-refractivity contribution >= 4 is 11.8 Å². The average molecular weight is 292 g/mol. The van der Waals surface area contributed by atoms with E-state index in [1.807, 2.05) is 12.1 Å². The van der Waals surface area contributed by atoms with E-state index in [4.69, 9.17) is 9.47 Å². The second-order valence-corrected chi connectivity index (χ2v) is 4.19. The standard InChI is InChI=1S/C15H20N2O4/c1-4-8-16-14(18)15(19)17-9-7-11-5-6-12(20-2)13(10-11)21-3/h4-6,10H,1,7-9H2,2-3H3,(H,16,18)(H,17,19). The predicted octanol–water partition coefficient (Wildman–Crippen LogP) is 0.665. The van der Waals surface area contributed by atoms with Crippen LogP contribution < -0.4 is 20.1 Å². The molecule has 6 heteroatoms. The first-order valence-corrected chi connectivity index (χ1v) is 6.50. The summed E-state index contributed by atoms with van der Waals surface area (Å²) in [5, 5.41) is 4.96. The van der Waals surface area contributed by atoms with Crippen LogP contribution in [0, 0.1) is 0 Å². The Labute approximate surface area is 124 Å². The van der Waals surface area contributed by atoms with Gasteiger partial charge in [-0.1, -0.05) is 12.1 Å². The van der Waals surface area contributed by atoms with E-state index in [9.17, 15) is 9.59 Å². The molecule has 1 rings (SSSR count). The predicted molar refractivity (Wildman–Crippen MR) is 79.5 cm³/mol. The van der Waals surface area contributed by atoms with Crippen molar-refractivity contribution in [1.29, 1.82) is 0 Å². The van der Waals surface area contributed by atoms with Gasteiger partial charge in [-0.05, 0) is 24.1 Å². The van der Waals surface area contributed by atoms with E-state index in [1.54, 1.807) is 20.3 Å². The summed E-state index contributed by atoms with van der Waals surface area (Å²) in [6.07, 6.45) is 2.09. The molecule has 0 aliphatic heterocycles. The Hall–Kier alpha value is -2.50. The van der Waals surface area contributed by atoms with Crippen molar-refractivity contribution in [2.75, 3.05) is 27.3 Å². The fourth-order valence-electron chi connectivity index (χ4n) is 1.68. The lowest BCUT2D eigenvalue weighted by Crippen LogP contribution is -2.40. The molecule has 0 aliphatic rings. The van der Waals surface area contributed by atoms with Crippen LogP contribution in [0.4, 0.5) is 0 Å². The molecule has 0 saturated carbocycles. The normalized spacial score (nSPS) is 9.62. The van der Waals surface area contributed by atoms with Crippen molar-refractivity contribution in [2.45, 2.75) is 6.42 Å². The third kappa shape index (κ3) is 5.18. The number of hydrogen-bond acceptors (Lipinski definition) is 4. The highest BCUT2D eigenvalue weighted by atomic mass is 16.5. The number of amides is 2. The second kappa shape index (κ2) is 8.63. The Kier molecular flexibility index (Phi) is 6.80. The van der Waals surface area contributed by atoms with Crippen molar-refractivity contribution in [3.63, 3.8) is 0 Å². The summed E-state index contributed by atoms with van der Waals surface area (Å²) in [4.78, 5) is 22.8. The summed E-state index contributed by atoms with van der Waals surface area (Å²) < 4.78 is 10.3. The lowest BCUT2D eigenvalue weighted by molar-refractivity contribution is -0.139.